The smallest absolute Gasteiger partial charge is 0.330 e. The molecular weight excluding hydrogens is 216 g/mol. The molecule has 0 aromatic heterocycles. The number of carbonyl (C=O) groups excluding carboxylic acids is 3. The van der Waals surface area contributed by atoms with Gasteiger partial charge in [0.05, 0.1) is 6.42 Å². The number of nitrogens with two attached hydrogens (primary N) is 1. The second-order valence-electron chi connectivity index (χ2n) is 2.66. The molecular formula is C9H14N2O5. The number of hydrazine groups is 1. The molecule has 0 aliphatic carbocycles. The normalized spacial score (nSPS) is 9.06. The van der Waals surface area contributed by atoms with E-state index in [1.807, 2.05) is 5.43 Å². The van der Waals surface area contributed by atoms with Crippen LogP contribution in [0.1, 0.15) is 12.8 Å². The minimum atomic E-state index is -0.585. The molecule has 90 valence electrons. The van der Waals surface area contributed by atoms with Gasteiger partial charge in [0.15, 0.2) is 0 Å². The van der Waals surface area contributed by atoms with E-state index in [1.165, 1.54) is 0 Å². The molecule has 0 spiro atoms. The van der Waals surface area contributed by atoms with Crippen LogP contribution < -0.4 is 11.3 Å². The lowest BCUT2D eigenvalue weighted by Crippen LogP contribution is -2.30. The third-order valence-electron chi connectivity index (χ3n) is 1.47. The zero-order valence-corrected chi connectivity index (χ0v) is 8.73. The van der Waals surface area contributed by atoms with Crippen LogP contribution in [0.25, 0.3) is 0 Å². The van der Waals surface area contributed by atoms with Crippen LogP contribution in [-0.4, -0.2) is 31.1 Å². The molecule has 0 saturated carbocycles. The van der Waals surface area contributed by atoms with Crippen LogP contribution in [0.4, 0.5) is 0 Å². The van der Waals surface area contributed by atoms with Crippen molar-refractivity contribution >= 4 is 17.8 Å². The minimum Gasteiger partial charge on any atom is -0.462 e. The Labute approximate surface area is 92.5 Å². The highest BCUT2D eigenvalue weighted by atomic mass is 16.6. The molecule has 7 heteroatoms. The van der Waals surface area contributed by atoms with Crippen molar-refractivity contribution in [1.82, 2.24) is 5.43 Å². The molecule has 0 radical (unpaired) electrons. The molecule has 0 unspecified atom stereocenters. The topological polar surface area (TPSA) is 108 Å². The first kappa shape index (κ1) is 14.1. The summed E-state index contributed by atoms with van der Waals surface area (Å²) in [5.74, 6) is 3.22. The maximum atomic E-state index is 11.0. The predicted molar refractivity (Wildman–Crippen MR) is 53.7 cm³/mol. The summed E-state index contributed by atoms with van der Waals surface area (Å²) in [6.07, 6.45) is 0.896. The maximum Gasteiger partial charge on any atom is 0.330 e. The Morgan fingerprint density at radius 2 is 1.81 bits per heavy atom. The molecule has 16 heavy (non-hydrogen) atoms. The van der Waals surface area contributed by atoms with E-state index in [0.717, 1.165) is 6.08 Å². The fourth-order valence-corrected chi connectivity index (χ4v) is 0.717. The van der Waals surface area contributed by atoms with Crippen molar-refractivity contribution in [3.05, 3.63) is 12.7 Å². The van der Waals surface area contributed by atoms with E-state index in [2.05, 4.69) is 16.1 Å². The van der Waals surface area contributed by atoms with E-state index < -0.39 is 17.8 Å². The van der Waals surface area contributed by atoms with Gasteiger partial charge in [-0.15, -0.1) is 0 Å². The highest BCUT2D eigenvalue weighted by Gasteiger charge is 2.06. The van der Waals surface area contributed by atoms with Gasteiger partial charge in [0, 0.05) is 12.5 Å². The van der Waals surface area contributed by atoms with Gasteiger partial charge in [-0.25, -0.2) is 10.6 Å². The Morgan fingerprint density at radius 1 is 1.19 bits per heavy atom. The van der Waals surface area contributed by atoms with E-state index in [1.54, 1.807) is 0 Å². The summed E-state index contributed by atoms with van der Waals surface area (Å²) >= 11 is 0. The lowest BCUT2D eigenvalue weighted by Gasteiger charge is -2.04. The van der Waals surface area contributed by atoms with E-state index in [9.17, 15) is 14.4 Å². The van der Waals surface area contributed by atoms with Gasteiger partial charge < -0.3 is 9.47 Å². The predicted octanol–water partition coefficient (Wildman–Crippen LogP) is -0.971. The quantitative estimate of drug-likeness (QED) is 0.145. The number of esters is 2. The summed E-state index contributed by atoms with van der Waals surface area (Å²) < 4.78 is 9.22. The van der Waals surface area contributed by atoms with Crippen LogP contribution >= 0.6 is 0 Å². The van der Waals surface area contributed by atoms with Crippen LogP contribution in [0.2, 0.25) is 0 Å². The van der Waals surface area contributed by atoms with Gasteiger partial charge in [-0.2, -0.15) is 0 Å². The first-order valence-corrected chi connectivity index (χ1v) is 4.54. The average molecular weight is 230 g/mol. The third kappa shape index (κ3) is 7.51. The Hall–Kier alpha value is -1.89. The molecule has 0 aliphatic rings. The SMILES string of the molecule is C=CC(=O)OCCOC(=O)CCC(=O)NN. The first-order valence-electron chi connectivity index (χ1n) is 4.54. The van der Waals surface area contributed by atoms with Crippen LogP contribution in [0.3, 0.4) is 0 Å². The molecule has 7 nitrogen and oxygen atoms in total. The van der Waals surface area contributed by atoms with E-state index in [0.29, 0.717) is 0 Å². The van der Waals surface area contributed by atoms with Crippen molar-refractivity contribution in [3.8, 4) is 0 Å². The number of nitrogens with one attached hydrogen (secondary N) is 1. The summed E-state index contributed by atoms with van der Waals surface area (Å²) in [7, 11) is 0. The summed E-state index contributed by atoms with van der Waals surface area (Å²) in [5.41, 5.74) is 1.88. The minimum absolute atomic E-state index is 0.0399. The molecule has 0 aromatic carbocycles. The number of carbonyl (C=O) groups is 3. The van der Waals surface area contributed by atoms with Crippen molar-refractivity contribution in [1.29, 1.82) is 0 Å². The molecule has 3 N–H and O–H groups in total. The number of ether oxygens (including phenoxy) is 2. The van der Waals surface area contributed by atoms with E-state index >= 15 is 0 Å². The molecule has 0 saturated heterocycles. The monoisotopic (exact) mass is 230 g/mol. The highest BCUT2D eigenvalue weighted by molar-refractivity contribution is 5.81. The summed E-state index contributed by atoms with van der Waals surface area (Å²) in [4.78, 5) is 32.2. The second kappa shape index (κ2) is 8.42. The van der Waals surface area contributed by atoms with Crippen molar-refractivity contribution in [2.45, 2.75) is 12.8 Å². The van der Waals surface area contributed by atoms with Crippen molar-refractivity contribution in [2.75, 3.05) is 13.2 Å². The first-order chi connectivity index (χ1) is 7.60. The average Bonchev–Trinajstić information content (AvgIpc) is 2.31. The van der Waals surface area contributed by atoms with E-state index in [4.69, 9.17) is 5.84 Å². The number of hydrogen-bond donors (Lipinski definition) is 2. The zero-order valence-electron chi connectivity index (χ0n) is 8.73. The lowest BCUT2D eigenvalue weighted by molar-refractivity contribution is -0.150. The van der Waals surface area contributed by atoms with Crippen LogP contribution in [0.5, 0.6) is 0 Å². The Morgan fingerprint density at radius 3 is 2.38 bits per heavy atom. The Balaban J connectivity index is 3.47. The molecule has 1 amide bonds. The van der Waals surface area contributed by atoms with Gasteiger partial charge in [-0.05, 0) is 0 Å². The van der Waals surface area contributed by atoms with Crippen LogP contribution in [-0.2, 0) is 23.9 Å². The molecule has 0 fully saturated rings. The van der Waals surface area contributed by atoms with E-state index in [-0.39, 0.29) is 26.1 Å². The van der Waals surface area contributed by atoms with Gasteiger partial charge in [0.25, 0.3) is 0 Å². The highest BCUT2D eigenvalue weighted by Crippen LogP contribution is 1.92. The summed E-state index contributed by atoms with van der Waals surface area (Å²) in [5, 5.41) is 0. The largest absolute Gasteiger partial charge is 0.462 e. The number of rotatable bonds is 7. The molecule has 0 aromatic rings. The summed E-state index contributed by atoms with van der Waals surface area (Å²) in [6.45, 7) is 3.10. The van der Waals surface area contributed by atoms with Crippen molar-refractivity contribution < 1.29 is 23.9 Å². The van der Waals surface area contributed by atoms with Gasteiger partial charge >= 0.3 is 11.9 Å². The third-order valence-corrected chi connectivity index (χ3v) is 1.47. The summed E-state index contributed by atoms with van der Waals surface area (Å²) in [6, 6.07) is 0. The zero-order chi connectivity index (χ0) is 12.4. The fourth-order valence-electron chi connectivity index (χ4n) is 0.717. The molecule has 0 bridgehead atoms. The molecule has 0 atom stereocenters. The Kier molecular flexibility index (Phi) is 7.43. The number of hydrogen-bond acceptors (Lipinski definition) is 6. The number of amides is 1. The lowest BCUT2D eigenvalue weighted by atomic mass is 10.3. The van der Waals surface area contributed by atoms with Crippen molar-refractivity contribution in [2.24, 2.45) is 5.84 Å². The molecule has 0 heterocycles. The van der Waals surface area contributed by atoms with Gasteiger partial charge in [-0.1, -0.05) is 6.58 Å². The fraction of sp³-hybridized carbons (Fsp3) is 0.444. The van der Waals surface area contributed by atoms with Gasteiger partial charge in [0.2, 0.25) is 5.91 Å². The second-order valence-corrected chi connectivity index (χ2v) is 2.66. The maximum absolute atomic E-state index is 11.0. The van der Waals surface area contributed by atoms with Gasteiger partial charge in [-0.3, -0.25) is 15.0 Å². The van der Waals surface area contributed by atoms with Crippen LogP contribution in [0, 0.1) is 0 Å². The van der Waals surface area contributed by atoms with Crippen LogP contribution in [0.15, 0.2) is 12.7 Å². The molecule has 0 rings (SSSR count). The molecule has 0 aliphatic heterocycles. The Bertz CT molecular complexity index is 277. The van der Waals surface area contributed by atoms with Crippen molar-refractivity contribution in [3.63, 3.8) is 0 Å². The standard InChI is InChI=1S/C9H14N2O5/c1-2-8(13)15-5-6-16-9(14)4-3-7(12)11-10/h2H,1,3-6,10H2,(H,11,12). The van der Waals surface area contributed by atoms with Gasteiger partial charge in [0.1, 0.15) is 13.2 Å².